The zero-order valence-corrected chi connectivity index (χ0v) is 24.7. The number of hydrogen-bond acceptors (Lipinski definition) is 5. The topological polar surface area (TPSA) is 86.5 Å². The Morgan fingerprint density at radius 2 is 1.54 bits per heavy atom. The average Bonchev–Trinajstić information content (AvgIpc) is 2.37. The Morgan fingerprint density at radius 1 is 1.08 bits per heavy atom. The van der Waals surface area contributed by atoms with Gasteiger partial charge in [0.2, 0.25) is 0 Å². The first-order chi connectivity index (χ1) is 11.3. The van der Waals surface area contributed by atoms with E-state index in [4.69, 9.17) is 1.37 Å². The van der Waals surface area contributed by atoms with Crippen LogP contribution in [0.1, 0.15) is 20.6 Å². The van der Waals surface area contributed by atoms with Crippen LogP contribution in [0.25, 0.3) is 0 Å². The van der Waals surface area contributed by atoms with E-state index in [1.807, 2.05) is 47.2 Å². The molecular weight excluding hydrogens is 607 g/mol. The van der Waals surface area contributed by atoms with Crippen molar-refractivity contribution in [3.05, 3.63) is 10.1 Å². The van der Waals surface area contributed by atoms with E-state index < -0.39 is 11.2 Å². The Labute approximate surface area is 223 Å². The number of quaternary nitrogens is 2. The van der Waals surface area contributed by atoms with E-state index >= 15 is 0 Å². The van der Waals surface area contributed by atoms with E-state index in [1.54, 1.807) is 12.6 Å². The molecule has 0 aliphatic rings. The standard InChI is InChI=1S/C7H14N2O4.C7H15NO.CH3I.2Y/c1-9(2,3)6-7(4-5-10)13-8(11)12;1-8(2,3)6-4-5-7-9;1-2;;/h7H,4,6H2,1-3H3;4-6H2,1-3H3;1H3;;/i;4T;;;. The maximum absolute atomic E-state index is 10.0. The van der Waals surface area contributed by atoms with Gasteiger partial charge in [-0.15, -0.1) is 23.0 Å². The number of rotatable bonds is 10. The van der Waals surface area contributed by atoms with E-state index in [2.05, 4.69) is 27.4 Å². The molecule has 2 atom stereocenters. The normalized spacial score (nSPS) is 12.7. The Morgan fingerprint density at radius 3 is 1.81 bits per heavy atom. The summed E-state index contributed by atoms with van der Waals surface area (Å²) in [4.78, 5) is 36.2. The molecule has 2 radical (unpaired) electrons. The van der Waals surface area contributed by atoms with E-state index in [0.29, 0.717) is 17.6 Å². The van der Waals surface area contributed by atoms with Gasteiger partial charge < -0.3 is 23.4 Å². The van der Waals surface area contributed by atoms with Crippen LogP contribution < -0.4 is 0 Å². The average molecular weight is 641 g/mol. The molecule has 8 nitrogen and oxygen atoms in total. The molecule has 0 N–H and O–H groups in total. The summed E-state index contributed by atoms with van der Waals surface area (Å²) in [7, 11) is 11.6. The van der Waals surface area contributed by atoms with Gasteiger partial charge in [-0.25, -0.2) is 0 Å². The van der Waals surface area contributed by atoms with Gasteiger partial charge >= 0.3 is 0 Å². The van der Waals surface area contributed by atoms with Crippen molar-refractivity contribution >= 4 is 35.2 Å². The molecule has 0 aliphatic carbocycles. The summed E-state index contributed by atoms with van der Waals surface area (Å²) in [5.41, 5.74) is 0. The van der Waals surface area contributed by atoms with Gasteiger partial charge in [-0.1, -0.05) is 22.6 Å². The molecule has 0 heterocycles. The molecule has 2 unspecified atom stereocenters. The largest absolute Gasteiger partial charge is 0.542 e. The number of likely N-dealkylation sites (N-methyl/N-ethyl adjacent to an activating group) is 1. The smallest absolute Gasteiger partial charge is 0.294 e. The molecule has 26 heavy (non-hydrogen) atoms. The fourth-order valence-electron chi connectivity index (χ4n) is 1.47. The molecule has 0 amide bonds. The number of hydrogen-bond donors (Lipinski definition) is 0. The predicted molar refractivity (Wildman–Crippen MR) is 103 cm³/mol. The summed E-state index contributed by atoms with van der Waals surface area (Å²) >= 11 is 2.15. The third kappa shape index (κ3) is 40.2. The molecule has 0 bridgehead atoms. The third-order valence-corrected chi connectivity index (χ3v) is 2.20. The SMILES string of the molecule is CI.C[N+](C)(C)CC(C[C-]=O)O[N+](=O)[O-].[3H]C(C[C-]=O)C[N+](C)(C)C.[Y].[Y]. The van der Waals surface area contributed by atoms with Crippen LogP contribution in [-0.2, 0) is 79.8 Å². The summed E-state index contributed by atoms with van der Waals surface area (Å²) in [5.74, 6) is 0. The van der Waals surface area contributed by atoms with Gasteiger partial charge in [0.05, 0.1) is 48.8 Å². The summed E-state index contributed by atoms with van der Waals surface area (Å²) in [6, 6.07) is 0. The minimum atomic E-state index is -0.877. The molecule has 0 aromatic heterocycles. The molecule has 0 rings (SSSR count). The zero-order valence-electron chi connectivity index (χ0n) is 17.9. The monoisotopic (exact) mass is 641 g/mol. The molecule has 11 heteroatoms. The molecule has 0 aromatic carbocycles. The predicted octanol–water partition coefficient (Wildman–Crippen LogP) is 1.40. The number of alkyl halides is 1. The van der Waals surface area contributed by atoms with Gasteiger partial charge in [0.15, 0.2) is 0 Å². The van der Waals surface area contributed by atoms with Crippen molar-refractivity contribution in [3.8, 4) is 0 Å². The van der Waals surface area contributed by atoms with Crippen LogP contribution in [0.3, 0.4) is 0 Å². The van der Waals surface area contributed by atoms with Gasteiger partial charge in [0.25, 0.3) is 5.09 Å². The van der Waals surface area contributed by atoms with Crippen molar-refractivity contribution in [2.24, 2.45) is 0 Å². The van der Waals surface area contributed by atoms with E-state index in [9.17, 15) is 19.7 Å². The van der Waals surface area contributed by atoms with E-state index in [0.717, 1.165) is 4.48 Å². The molecule has 0 aromatic rings. The van der Waals surface area contributed by atoms with Gasteiger partial charge in [-0.3, -0.25) is 12.6 Å². The van der Waals surface area contributed by atoms with Gasteiger partial charge in [-0.05, 0) is 11.3 Å². The second-order valence-corrected chi connectivity index (χ2v) is 6.88. The second kappa shape index (κ2) is 22.7. The van der Waals surface area contributed by atoms with Gasteiger partial charge in [0.1, 0.15) is 12.6 Å². The summed E-state index contributed by atoms with van der Waals surface area (Å²) in [6.45, 7) is 1.10. The van der Waals surface area contributed by atoms with Crippen LogP contribution >= 0.6 is 22.6 Å². The number of halogens is 1. The maximum atomic E-state index is 10.0. The molecule has 150 valence electrons. The van der Waals surface area contributed by atoms with Crippen molar-refractivity contribution in [1.29, 1.82) is 0 Å². The summed E-state index contributed by atoms with van der Waals surface area (Å²) < 4.78 is 8.58. The quantitative estimate of drug-likeness (QED) is 0.0900. The molecular formula is C15H32IN3O5Y2. The molecule has 0 spiro atoms. The summed E-state index contributed by atoms with van der Waals surface area (Å²) in [5, 5.41) is 9.14. The summed E-state index contributed by atoms with van der Waals surface area (Å²) in [6.07, 6.45) is 2.51. The van der Waals surface area contributed by atoms with Crippen LogP contribution in [-0.4, -0.2) is 93.0 Å². The van der Waals surface area contributed by atoms with E-state index in [-0.39, 0.29) is 84.7 Å². The van der Waals surface area contributed by atoms with Gasteiger partial charge in [0, 0.05) is 66.8 Å². The van der Waals surface area contributed by atoms with Crippen molar-refractivity contribution in [1.82, 2.24) is 0 Å². The zero-order chi connectivity index (χ0) is 20.7. The van der Waals surface area contributed by atoms with Gasteiger partial charge in [-0.2, -0.15) is 0 Å². The maximum Gasteiger partial charge on any atom is 0.294 e. The second-order valence-electron chi connectivity index (χ2n) is 6.88. The van der Waals surface area contributed by atoms with Crippen LogP contribution in [0.15, 0.2) is 0 Å². The van der Waals surface area contributed by atoms with Crippen molar-refractivity contribution in [2.75, 3.05) is 60.3 Å². The molecule has 0 saturated heterocycles. The van der Waals surface area contributed by atoms with Crippen molar-refractivity contribution in [2.45, 2.75) is 25.3 Å². The minimum Gasteiger partial charge on any atom is -0.542 e. The first kappa shape index (κ1) is 34.9. The minimum absolute atomic E-state index is 0. The first-order valence-corrected chi connectivity index (χ1v) is 9.38. The van der Waals surface area contributed by atoms with Crippen LogP contribution in [0, 0.1) is 10.1 Å². The third-order valence-electron chi connectivity index (χ3n) is 2.20. The van der Waals surface area contributed by atoms with Crippen molar-refractivity contribution < 1.29 is 95.3 Å². The first-order valence-electron chi connectivity index (χ1n) is 7.80. The fraction of sp³-hybridized carbons (Fsp3) is 0.867. The van der Waals surface area contributed by atoms with Crippen LogP contribution in [0.2, 0.25) is 0 Å². The fourth-order valence-corrected chi connectivity index (χ4v) is 1.47. The van der Waals surface area contributed by atoms with Crippen LogP contribution in [0.5, 0.6) is 0 Å². The Bertz CT molecular complexity index is 383. The Balaban J connectivity index is -0.000000105. The van der Waals surface area contributed by atoms with E-state index in [1.165, 1.54) is 0 Å². The Hall–Kier alpha value is 1.40. The molecule has 0 fully saturated rings. The van der Waals surface area contributed by atoms with Crippen LogP contribution in [0.4, 0.5) is 0 Å². The number of carbonyl (C=O) groups excluding carboxylic acids is 2. The molecule has 0 saturated carbocycles. The number of nitrogens with zero attached hydrogens (tertiary/aromatic N) is 3. The van der Waals surface area contributed by atoms with Crippen molar-refractivity contribution in [3.63, 3.8) is 0 Å². The molecule has 0 aliphatic heterocycles. The Kier molecular flexibility index (Phi) is 30.4.